The van der Waals surface area contributed by atoms with Gasteiger partial charge in [0.05, 0.1) is 17.5 Å². The highest BCUT2D eigenvalue weighted by Gasteiger charge is 2.15. The normalized spacial score (nSPS) is 10.3. The van der Waals surface area contributed by atoms with E-state index < -0.39 is 11.7 Å². The molecule has 0 aliphatic heterocycles. The molecule has 0 unspecified atom stereocenters. The highest BCUT2D eigenvalue weighted by Crippen LogP contribution is 2.18. The van der Waals surface area contributed by atoms with Gasteiger partial charge in [0.2, 0.25) is 0 Å². The molecular formula is C14H13FN2O2S. The molecule has 1 aromatic heterocycles. The summed E-state index contributed by atoms with van der Waals surface area (Å²) in [6.07, 6.45) is 2.01. The summed E-state index contributed by atoms with van der Waals surface area (Å²) in [5.41, 5.74) is 6.29. The Kier molecular flexibility index (Phi) is 4.14. The van der Waals surface area contributed by atoms with Crippen molar-refractivity contribution >= 4 is 28.8 Å². The van der Waals surface area contributed by atoms with Gasteiger partial charge in [0.15, 0.2) is 0 Å². The minimum absolute atomic E-state index is 0.0678. The van der Waals surface area contributed by atoms with Crippen LogP contribution in [-0.4, -0.2) is 10.9 Å². The number of nitrogens with one attached hydrogen (secondary N) is 1. The van der Waals surface area contributed by atoms with E-state index >= 15 is 0 Å². The van der Waals surface area contributed by atoms with Crippen LogP contribution in [0, 0.1) is 5.82 Å². The van der Waals surface area contributed by atoms with Crippen LogP contribution in [0.3, 0.4) is 0 Å². The second-order valence-corrected chi connectivity index (χ2v) is 4.56. The maximum Gasteiger partial charge on any atom is 0.259 e. The molecule has 0 atom stereocenters. The Morgan fingerprint density at radius 1 is 1.45 bits per heavy atom. The second kappa shape index (κ2) is 5.83. The van der Waals surface area contributed by atoms with Crippen molar-refractivity contribution in [2.24, 2.45) is 5.73 Å². The van der Waals surface area contributed by atoms with Crippen molar-refractivity contribution in [1.82, 2.24) is 0 Å². The van der Waals surface area contributed by atoms with Gasteiger partial charge in [-0.2, -0.15) is 0 Å². The summed E-state index contributed by atoms with van der Waals surface area (Å²) in [5, 5.41) is 2.50. The molecule has 0 saturated heterocycles. The van der Waals surface area contributed by atoms with Gasteiger partial charge in [-0.05, 0) is 24.3 Å². The lowest BCUT2D eigenvalue weighted by Gasteiger charge is -2.07. The van der Waals surface area contributed by atoms with Crippen LogP contribution in [0.15, 0.2) is 34.9 Å². The number of furan rings is 1. The zero-order chi connectivity index (χ0) is 14.7. The highest BCUT2D eigenvalue weighted by molar-refractivity contribution is 7.80. The summed E-state index contributed by atoms with van der Waals surface area (Å²) >= 11 is 4.76. The maximum absolute atomic E-state index is 13.8. The third-order valence-corrected chi connectivity index (χ3v) is 3.05. The van der Waals surface area contributed by atoms with Crippen LogP contribution in [0.5, 0.6) is 0 Å². The molecule has 20 heavy (non-hydrogen) atoms. The molecule has 104 valence electrons. The minimum Gasteiger partial charge on any atom is -0.469 e. The Bertz CT molecular complexity index is 667. The molecule has 2 aromatic rings. The lowest BCUT2D eigenvalue weighted by molar-refractivity contribution is 0.102. The van der Waals surface area contributed by atoms with Crippen LogP contribution >= 0.6 is 12.2 Å². The molecule has 3 N–H and O–H groups in total. The van der Waals surface area contributed by atoms with Crippen LogP contribution in [0.2, 0.25) is 0 Å². The zero-order valence-corrected chi connectivity index (χ0v) is 11.6. The SMILES string of the molecule is CCc1occc1C(=O)Nc1ccc(C(N)=S)cc1F. The maximum atomic E-state index is 13.8. The van der Waals surface area contributed by atoms with Crippen LogP contribution < -0.4 is 11.1 Å². The fourth-order valence-corrected chi connectivity index (χ4v) is 1.90. The van der Waals surface area contributed by atoms with Crippen molar-refractivity contribution in [2.75, 3.05) is 5.32 Å². The molecule has 1 heterocycles. The topological polar surface area (TPSA) is 68.3 Å². The van der Waals surface area contributed by atoms with E-state index in [1.807, 2.05) is 6.92 Å². The Hall–Kier alpha value is -2.21. The molecular weight excluding hydrogens is 279 g/mol. The summed E-state index contributed by atoms with van der Waals surface area (Å²) < 4.78 is 19.0. The van der Waals surface area contributed by atoms with Crippen molar-refractivity contribution in [3.63, 3.8) is 0 Å². The van der Waals surface area contributed by atoms with E-state index in [1.54, 1.807) is 12.1 Å². The third-order valence-electron chi connectivity index (χ3n) is 2.81. The van der Waals surface area contributed by atoms with Gasteiger partial charge >= 0.3 is 0 Å². The molecule has 0 bridgehead atoms. The number of rotatable bonds is 4. The van der Waals surface area contributed by atoms with Gasteiger partial charge in [-0.1, -0.05) is 19.1 Å². The van der Waals surface area contributed by atoms with Gasteiger partial charge < -0.3 is 15.5 Å². The van der Waals surface area contributed by atoms with E-state index in [1.165, 1.54) is 18.4 Å². The fraction of sp³-hybridized carbons (Fsp3) is 0.143. The number of aryl methyl sites for hydroxylation is 1. The van der Waals surface area contributed by atoms with E-state index in [4.69, 9.17) is 22.4 Å². The molecule has 0 fully saturated rings. The van der Waals surface area contributed by atoms with Crippen molar-refractivity contribution in [2.45, 2.75) is 13.3 Å². The molecule has 1 aromatic carbocycles. The predicted molar refractivity (Wildman–Crippen MR) is 78.3 cm³/mol. The minimum atomic E-state index is -0.592. The predicted octanol–water partition coefficient (Wildman–Crippen LogP) is 2.87. The zero-order valence-electron chi connectivity index (χ0n) is 10.8. The van der Waals surface area contributed by atoms with Crippen molar-refractivity contribution < 1.29 is 13.6 Å². The number of anilines is 1. The van der Waals surface area contributed by atoms with Gasteiger partial charge in [-0.15, -0.1) is 0 Å². The number of halogens is 1. The molecule has 1 amide bonds. The number of amides is 1. The van der Waals surface area contributed by atoms with Crippen molar-refractivity contribution in [3.8, 4) is 0 Å². The van der Waals surface area contributed by atoms with Crippen molar-refractivity contribution in [3.05, 3.63) is 53.2 Å². The number of thiocarbonyl (C=S) groups is 1. The van der Waals surface area contributed by atoms with E-state index in [9.17, 15) is 9.18 Å². The van der Waals surface area contributed by atoms with Crippen molar-refractivity contribution in [1.29, 1.82) is 0 Å². The molecule has 0 aliphatic rings. The highest BCUT2D eigenvalue weighted by atomic mass is 32.1. The van der Waals surface area contributed by atoms with E-state index in [0.717, 1.165) is 0 Å². The molecule has 6 heteroatoms. The molecule has 0 aliphatic carbocycles. The average molecular weight is 292 g/mol. The first kappa shape index (κ1) is 14.2. The monoisotopic (exact) mass is 292 g/mol. The van der Waals surface area contributed by atoms with Gasteiger partial charge in [-0.3, -0.25) is 4.79 Å². The van der Waals surface area contributed by atoms with E-state index in [2.05, 4.69) is 5.32 Å². The molecule has 0 saturated carbocycles. The lowest BCUT2D eigenvalue weighted by atomic mass is 10.1. The smallest absolute Gasteiger partial charge is 0.259 e. The van der Waals surface area contributed by atoms with Gasteiger partial charge in [0.1, 0.15) is 16.6 Å². The van der Waals surface area contributed by atoms with E-state index in [-0.39, 0.29) is 10.7 Å². The largest absolute Gasteiger partial charge is 0.469 e. The van der Waals surface area contributed by atoms with Crippen LogP contribution in [0.25, 0.3) is 0 Å². The van der Waals surface area contributed by atoms with Gasteiger partial charge in [0.25, 0.3) is 5.91 Å². The summed E-state index contributed by atoms with van der Waals surface area (Å²) in [6, 6.07) is 5.72. The number of hydrogen-bond acceptors (Lipinski definition) is 3. The Balaban J connectivity index is 2.22. The number of hydrogen-bond donors (Lipinski definition) is 2. The quantitative estimate of drug-likeness (QED) is 0.850. The van der Waals surface area contributed by atoms with Crippen LogP contribution in [0.4, 0.5) is 10.1 Å². The third kappa shape index (κ3) is 2.85. The number of nitrogens with two attached hydrogens (primary N) is 1. The average Bonchev–Trinajstić information content (AvgIpc) is 2.89. The Morgan fingerprint density at radius 3 is 2.80 bits per heavy atom. The van der Waals surface area contributed by atoms with E-state index in [0.29, 0.717) is 23.3 Å². The van der Waals surface area contributed by atoms with Crippen LogP contribution in [0.1, 0.15) is 28.6 Å². The number of carbonyl (C=O) groups excluding carboxylic acids is 1. The molecule has 0 radical (unpaired) electrons. The van der Waals surface area contributed by atoms with Crippen LogP contribution in [-0.2, 0) is 6.42 Å². The summed E-state index contributed by atoms with van der Waals surface area (Å²) in [4.78, 5) is 12.1. The summed E-state index contributed by atoms with van der Waals surface area (Å²) in [5.74, 6) is -0.453. The second-order valence-electron chi connectivity index (χ2n) is 4.12. The fourth-order valence-electron chi connectivity index (χ4n) is 1.78. The Labute approximate surface area is 120 Å². The molecule has 4 nitrogen and oxygen atoms in total. The number of carbonyl (C=O) groups is 1. The van der Waals surface area contributed by atoms with Gasteiger partial charge in [-0.25, -0.2) is 4.39 Å². The summed E-state index contributed by atoms with van der Waals surface area (Å²) in [6.45, 7) is 1.87. The first-order valence-electron chi connectivity index (χ1n) is 6.00. The molecule has 2 rings (SSSR count). The lowest BCUT2D eigenvalue weighted by Crippen LogP contribution is -2.15. The molecule has 0 spiro atoms. The standard InChI is InChI=1S/C14H13FN2O2S/c1-2-12-9(5-6-19-12)14(18)17-11-4-3-8(13(16)20)7-10(11)15/h3-7H,2H2,1H3,(H2,16,20)(H,17,18). The first-order chi connectivity index (χ1) is 9.52. The first-order valence-corrected chi connectivity index (χ1v) is 6.40. The number of benzene rings is 1. The Morgan fingerprint density at radius 2 is 2.20 bits per heavy atom. The van der Waals surface area contributed by atoms with Gasteiger partial charge in [0, 0.05) is 12.0 Å². The summed E-state index contributed by atoms with van der Waals surface area (Å²) in [7, 11) is 0.